The van der Waals surface area contributed by atoms with Gasteiger partial charge in [-0.15, -0.1) is 0 Å². The summed E-state index contributed by atoms with van der Waals surface area (Å²) in [5, 5.41) is 45.9. The quantitative estimate of drug-likeness (QED) is 0.209. The van der Waals surface area contributed by atoms with Gasteiger partial charge in [0.05, 0.1) is 26.2 Å². The van der Waals surface area contributed by atoms with Crippen LogP contribution in [0.15, 0.2) is 30.3 Å². The largest absolute Gasteiger partial charge is 0.480 e. The van der Waals surface area contributed by atoms with Crippen molar-refractivity contribution in [2.45, 2.75) is 12.5 Å². The molecule has 0 saturated carbocycles. The average Bonchev–Trinajstić information content (AvgIpc) is 2.68. The highest BCUT2D eigenvalue weighted by molar-refractivity contribution is 5.73. The summed E-state index contributed by atoms with van der Waals surface area (Å²) in [6.45, 7) is -3.26. The van der Waals surface area contributed by atoms with E-state index >= 15 is 0 Å². The second-order valence-corrected chi connectivity index (χ2v) is 7.26. The van der Waals surface area contributed by atoms with E-state index in [1.54, 1.807) is 30.3 Å². The average molecular weight is 469 g/mol. The molecule has 5 N–H and O–H groups in total. The van der Waals surface area contributed by atoms with Crippen LogP contribution in [0.3, 0.4) is 0 Å². The molecule has 1 amide bonds. The third kappa shape index (κ3) is 11.5. The Balaban J connectivity index is 3.10. The number of aliphatic carboxylic acids is 4. The van der Waals surface area contributed by atoms with Gasteiger partial charge in [0.2, 0.25) is 0 Å². The lowest BCUT2D eigenvalue weighted by molar-refractivity contribution is -0.144. The van der Waals surface area contributed by atoms with Gasteiger partial charge in [-0.1, -0.05) is 30.3 Å². The number of carbonyl (C=O) groups is 5. The van der Waals surface area contributed by atoms with Crippen LogP contribution in [0.25, 0.3) is 0 Å². The Bertz CT molecular complexity index is 801. The summed E-state index contributed by atoms with van der Waals surface area (Å²) in [5.41, 5.74) is 0.729. The van der Waals surface area contributed by atoms with E-state index < -0.39 is 62.2 Å². The Morgan fingerprint density at radius 2 is 1.18 bits per heavy atom. The Kier molecular flexibility index (Phi) is 11.3. The topological polar surface area (TPSA) is 196 Å². The number of nitrogens with zero attached hydrogens (tertiary/aromatic N) is 3. The van der Waals surface area contributed by atoms with Crippen molar-refractivity contribution in [1.29, 1.82) is 0 Å². The molecule has 0 radical (unpaired) electrons. The highest BCUT2D eigenvalue weighted by Gasteiger charge is 2.28. The van der Waals surface area contributed by atoms with Gasteiger partial charge in [0.15, 0.2) is 0 Å². The first-order valence-electron chi connectivity index (χ1n) is 9.83. The lowest BCUT2D eigenvalue weighted by Crippen LogP contribution is -2.51. The van der Waals surface area contributed by atoms with E-state index in [4.69, 9.17) is 10.2 Å². The van der Waals surface area contributed by atoms with Crippen molar-refractivity contribution in [2.24, 2.45) is 0 Å². The molecule has 0 aliphatic carbocycles. The van der Waals surface area contributed by atoms with Crippen molar-refractivity contribution < 1.29 is 49.5 Å². The lowest BCUT2D eigenvalue weighted by atomic mass is 10.0. The van der Waals surface area contributed by atoms with Crippen molar-refractivity contribution in [1.82, 2.24) is 14.7 Å². The van der Waals surface area contributed by atoms with Gasteiger partial charge in [0, 0.05) is 25.7 Å². The Hall–Kier alpha value is -3.71. The van der Waals surface area contributed by atoms with Gasteiger partial charge in [-0.25, -0.2) is 4.79 Å². The minimum absolute atomic E-state index is 0.152. The molecule has 0 saturated heterocycles. The molecule has 13 heteroatoms. The number of amides is 1. The Morgan fingerprint density at radius 3 is 1.61 bits per heavy atom. The van der Waals surface area contributed by atoms with Crippen LogP contribution in [0.4, 0.5) is 4.79 Å². The van der Waals surface area contributed by atoms with Gasteiger partial charge in [0.1, 0.15) is 0 Å². The number of benzene rings is 1. The first-order chi connectivity index (χ1) is 15.5. The molecule has 33 heavy (non-hydrogen) atoms. The molecule has 0 aromatic heterocycles. The summed E-state index contributed by atoms with van der Waals surface area (Å²) >= 11 is 0. The molecule has 182 valence electrons. The fraction of sp³-hybridized carbons (Fsp3) is 0.450. The second kappa shape index (κ2) is 13.6. The van der Waals surface area contributed by atoms with Crippen molar-refractivity contribution in [3.8, 4) is 0 Å². The van der Waals surface area contributed by atoms with Crippen LogP contribution in [-0.4, -0.2) is 122 Å². The van der Waals surface area contributed by atoms with Crippen molar-refractivity contribution in [3.05, 3.63) is 35.9 Å². The molecule has 0 bridgehead atoms. The molecule has 0 heterocycles. The van der Waals surface area contributed by atoms with Crippen molar-refractivity contribution in [2.75, 3.05) is 45.8 Å². The van der Waals surface area contributed by atoms with E-state index in [1.807, 2.05) is 0 Å². The summed E-state index contributed by atoms with van der Waals surface area (Å²) in [5.74, 6) is -5.14. The number of rotatable bonds is 16. The third-order valence-corrected chi connectivity index (χ3v) is 4.61. The SMILES string of the molecule is O=C(O)CN(CCN(CC(Cc1ccccc1)N(CC(=O)O)CC(=O)O)C(=O)O)CC(=O)O. The molecule has 1 aromatic rings. The zero-order valence-electron chi connectivity index (χ0n) is 17.7. The van der Waals surface area contributed by atoms with Gasteiger partial charge in [-0.2, -0.15) is 0 Å². The highest BCUT2D eigenvalue weighted by atomic mass is 16.4. The summed E-state index contributed by atoms with van der Waals surface area (Å²) in [6, 6.07) is 7.86. The van der Waals surface area contributed by atoms with E-state index in [0.29, 0.717) is 0 Å². The van der Waals surface area contributed by atoms with E-state index in [1.165, 1.54) is 0 Å². The number of hydrogen-bond acceptors (Lipinski definition) is 7. The Labute approximate surface area is 189 Å². The zero-order chi connectivity index (χ0) is 25.0. The monoisotopic (exact) mass is 469 g/mol. The summed E-state index contributed by atoms with van der Waals surface area (Å²) in [7, 11) is 0. The predicted octanol–water partition coefficient (Wildman–Crippen LogP) is -0.480. The first kappa shape index (κ1) is 27.3. The fourth-order valence-electron chi connectivity index (χ4n) is 3.24. The summed E-state index contributed by atoms with van der Waals surface area (Å²) in [4.78, 5) is 59.4. The maximum Gasteiger partial charge on any atom is 0.407 e. The van der Waals surface area contributed by atoms with E-state index in [9.17, 15) is 39.3 Å². The van der Waals surface area contributed by atoms with Crippen molar-refractivity contribution in [3.63, 3.8) is 0 Å². The van der Waals surface area contributed by atoms with Crippen LogP contribution < -0.4 is 0 Å². The minimum Gasteiger partial charge on any atom is -0.480 e. The molecule has 13 nitrogen and oxygen atoms in total. The second-order valence-electron chi connectivity index (χ2n) is 7.26. The number of carboxylic acids is 4. The third-order valence-electron chi connectivity index (χ3n) is 4.61. The molecular weight excluding hydrogens is 442 g/mol. The first-order valence-corrected chi connectivity index (χ1v) is 9.83. The smallest absolute Gasteiger partial charge is 0.407 e. The predicted molar refractivity (Wildman–Crippen MR) is 112 cm³/mol. The summed E-state index contributed by atoms with van der Waals surface area (Å²) < 4.78 is 0. The maximum atomic E-state index is 11.8. The fourth-order valence-corrected chi connectivity index (χ4v) is 3.24. The molecule has 0 fully saturated rings. The molecule has 1 aromatic carbocycles. The number of carboxylic acid groups (broad SMARTS) is 5. The van der Waals surface area contributed by atoms with Crippen LogP contribution in [0, 0.1) is 0 Å². The van der Waals surface area contributed by atoms with E-state index in [2.05, 4.69) is 0 Å². The molecule has 1 unspecified atom stereocenters. The molecule has 1 rings (SSSR count). The summed E-state index contributed by atoms with van der Waals surface area (Å²) in [6.07, 6.45) is -1.25. The van der Waals surface area contributed by atoms with Gasteiger partial charge in [-0.05, 0) is 12.0 Å². The zero-order valence-corrected chi connectivity index (χ0v) is 17.7. The lowest BCUT2D eigenvalue weighted by Gasteiger charge is -2.33. The van der Waals surface area contributed by atoms with E-state index in [0.717, 1.165) is 20.3 Å². The van der Waals surface area contributed by atoms with E-state index in [-0.39, 0.29) is 26.1 Å². The number of hydrogen-bond donors (Lipinski definition) is 5. The van der Waals surface area contributed by atoms with Crippen LogP contribution in [0.1, 0.15) is 5.56 Å². The van der Waals surface area contributed by atoms with Crippen molar-refractivity contribution >= 4 is 30.0 Å². The Morgan fingerprint density at radius 1 is 0.697 bits per heavy atom. The maximum absolute atomic E-state index is 11.8. The van der Waals surface area contributed by atoms with Crippen LogP contribution in [-0.2, 0) is 25.6 Å². The van der Waals surface area contributed by atoms with Gasteiger partial charge >= 0.3 is 30.0 Å². The molecular formula is C20H27N3O10. The van der Waals surface area contributed by atoms with Gasteiger partial charge < -0.3 is 30.4 Å². The van der Waals surface area contributed by atoms with Gasteiger partial charge in [0.25, 0.3) is 0 Å². The minimum atomic E-state index is -1.40. The van der Waals surface area contributed by atoms with Crippen LogP contribution in [0.2, 0.25) is 0 Å². The molecule has 0 spiro atoms. The van der Waals surface area contributed by atoms with Crippen LogP contribution >= 0.6 is 0 Å². The standard InChI is InChI=1S/C20H27N3O10/c24-16(25)10-21(11-17(26)27)6-7-22(20(32)33)9-15(8-14-4-2-1-3-5-14)23(12-18(28)29)13-19(30)31/h1-5,15H,6-13H2,(H,24,25)(H,26,27)(H,28,29)(H,30,31)(H,32,33). The van der Waals surface area contributed by atoms with Crippen LogP contribution in [0.5, 0.6) is 0 Å². The van der Waals surface area contributed by atoms with Gasteiger partial charge in [-0.3, -0.25) is 29.0 Å². The molecule has 0 aliphatic heterocycles. The molecule has 1 atom stereocenters. The highest BCUT2D eigenvalue weighted by Crippen LogP contribution is 2.12. The molecule has 0 aliphatic rings. The normalized spacial score (nSPS) is 11.8.